The Morgan fingerprint density at radius 3 is 2.23 bits per heavy atom. The molecule has 1 aromatic rings. The lowest BCUT2D eigenvalue weighted by Crippen LogP contribution is -2.65. The van der Waals surface area contributed by atoms with Gasteiger partial charge in [0.05, 0.1) is 6.61 Å². The van der Waals surface area contributed by atoms with E-state index in [-0.39, 0.29) is 5.69 Å². The fourth-order valence-corrected chi connectivity index (χ4v) is 1.33. The van der Waals surface area contributed by atoms with Crippen LogP contribution in [0.1, 0.15) is 6.92 Å². The van der Waals surface area contributed by atoms with Crippen LogP contribution in [0.3, 0.4) is 0 Å². The SMILES string of the molecule is CCOC(=O)[C@](O)(NC(=O)Nc1ccc(F)cc1)C(F)(F)F. The van der Waals surface area contributed by atoms with Crippen molar-refractivity contribution in [3.05, 3.63) is 30.1 Å². The zero-order chi connectivity index (χ0) is 17.0. The van der Waals surface area contributed by atoms with E-state index in [1.807, 2.05) is 5.32 Å². The van der Waals surface area contributed by atoms with Gasteiger partial charge in [-0.3, -0.25) is 5.32 Å². The van der Waals surface area contributed by atoms with Crippen molar-refractivity contribution in [2.75, 3.05) is 11.9 Å². The first-order valence-electron chi connectivity index (χ1n) is 5.91. The number of benzene rings is 1. The Labute approximate surface area is 122 Å². The number of urea groups is 1. The Hall–Kier alpha value is -2.36. The van der Waals surface area contributed by atoms with Gasteiger partial charge in [0.15, 0.2) is 0 Å². The van der Waals surface area contributed by atoms with Crippen LogP contribution in [0.15, 0.2) is 24.3 Å². The van der Waals surface area contributed by atoms with Crippen molar-refractivity contribution in [3.8, 4) is 0 Å². The number of hydrogen-bond acceptors (Lipinski definition) is 4. The van der Waals surface area contributed by atoms with Crippen molar-refractivity contribution in [3.63, 3.8) is 0 Å². The second kappa shape index (κ2) is 6.60. The molecule has 122 valence electrons. The summed E-state index contributed by atoms with van der Waals surface area (Å²) in [7, 11) is 0. The lowest BCUT2D eigenvalue weighted by atomic mass is 10.2. The smallest absolute Gasteiger partial charge is 0.448 e. The number of aliphatic hydroxyl groups is 1. The lowest BCUT2D eigenvalue weighted by Gasteiger charge is -2.28. The van der Waals surface area contributed by atoms with Crippen molar-refractivity contribution in [2.45, 2.75) is 18.8 Å². The molecule has 0 saturated heterocycles. The summed E-state index contributed by atoms with van der Waals surface area (Å²) in [6.45, 7) is 0.797. The Kier molecular flexibility index (Phi) is 5.31. The molecule has 10 heteroatoms. The molecule has 0 radical (unpaired) electrons. The van der Waals surface area contributed by atoms with Gasteiger partial charge in [0.1, 0.15) is 5.82 Å². The number of ether oxygens (including phenoxy) is 1. The number of nitrogens with one attached hydrogen (secondary N) is 2. The van der Waals surface area contributed by atoms with Crippen LogP contribution in [0.5, 0.6) is 0 Å². The van der Waals surface area contributed by atoms with Crippen LogP contribution >= 0.6 is 0 Å². The topological polar surface area (TPSA) is 87.7 Å². The average molecular weight is 324 g/mol. The van der Waals surface area contributed by atoms with E-state index in [9.17, 15) is 32.3 Å². The minimum Gasteiger partial charge on any atom is -0.462 e. The summed E-state index contributed by atoms with van der Waals surface area (Å²) in [6.07, 6.45) is -5.50. The fraction of sp³-hybridized carbons (Fsp3) is 0.333. The first kappa shape index (κ1) is 17.7. The Morgan fingerprint density at radius 2 is 1.77 bits per heavy atom. The van der Waals surface area contributed by atoms with Crippen LogP contribution in [0.25, 0.3) is 0 Å². The normalized spacial score (nSPS) is 13.9. The van der Waals surface area contributed by atoms with Gasteiger partial charge in [0, 0.05) is 5.69 Å². The summed E-state index contributed by atoms with van der Waals surface area (Å²) < 4.78 is 55.1. The largest absolute Gasteiger partial charge is 0.462 e. The first-order chi connectivity index (χ1) is 10.1. The zero-order valence-electron chi connectivity index (χ0n) is 11.2. The molecule has 6 nitrogen and oxygen atoms in total. The van der Waals surface area contributed by atoms with E-state index in [4.69, 9.17) is 0 Å². The van der Waals surface area contributed by atoms with Gasteiger partial charge in [-0.1, -0.05) is 0 Å². The van der Waals surface area contributed by atoms with Crippen LogP contribution in [0, 0.1) is 5.82 Å². The highest BCUT2D eigenvalue weighted by molar-refractivity contribution is 5.93. The molecule has 0 saturated carbocycles. The van der Waals surface area contributed by atoms with E-state index >= 15 is 0 Å². The number of anilines is 1. The number of hydrogen-bond donors (Lipinski definition) is 3. The summed E-state index contributed by atoms with van der Waals surface area (Å²) in [5.74, 6) is -2.69. The number of halogens is 4. The second-order valence-electron chi connectivity index (χ2n) is 4.01. The van der Waals surface area contributed by atoms with Gasteiger partial charge >= 0.3 is 23.9 Å². The third kappa shape index (κ3) is 4.07. The molecule has 0 aliphatic carbocycles. The molecular formula is C12H12F4N2O4. The average Bonchev–Trinajstić information content (AvgIpc) is 2.40. The van der Waals surface area contributed by atoms with E-state index in [0.29, 0.717) is 0 Å². The molecule has 1 atom stereocenters. The quantitative estimate of drug-likeness (QED) is 0.447. The van der Waals surface area contributed by atoms with Crippen molar-refractivity contribution >= 4 is 17.7 Å². The maximum Gasteiger partial charge on any atom is 0.448 e. The van der Waals surface area contributed by atoms with Crippen molar-refractivity contribution in [2.24, 2.45) is 0 Å². The minimum absolute atomic E-state index is 0.0488. The number of carbonyl (C=O) groups is 2. The summed E-state index contributed by atoms with van der Waals surface area (Å²) in [4.78, 5) is 22.7. The van der Waals surface area contributed by atoms with E-state index in [2.05, 4.69) is 4.74 Å². The summed E-state index contributed by atoms with van der Waals surface area (Å²) in [5.41, 5.74) is -4.25. The van der Waals surface area contributed by atoms with Gasteiger partial charge in [0.25, 0.3) is 0 Å². The van der Waals surface area contributed by atoms with E-state index in [1.165, 1.54) is 6.92 Å². The molecule has 0 aliphatic rings. The highest BCUT2D eigenvalue weighted by Crippen LogP contribution is 2.29. The lowest BCUT2D eigenvalue weighted by molar-refractivity contribution is -0.268. The van der Waals surface area contributed by atoms with Crippen molar-refractivity contribution < 1.29 is 37.0 Å². The molecule has 0 aromatic heterocycles. The highest BCUT2D eigenvalue weighted by atomic mass is 19.4. The molecule has 22 heavy (non-hydrogen) atoms. The Morgan fingerprint density at radius 1 is 1.23 bits per heavy atom. The minimum atomic E-state index is -5.50. The van der Waals surface area contributed by atoms with Crippen LogP contribution < -0.4 is 10.6 Å². The first-order valence-corrected chi connectivity index (χ1v) is 5.91. The van der Waals surface area contributed by atoms with Crippen molar-refractivity contribution in [1.82, 2.24) is 5.32 Å². The Bertz CT molecular complexity index is 547. The van der Waals surface area contributed by atoms with Gasteiger partial charge in [-0.05, 0) is 31.2 Å². The van der Waals surface area contributed by atoms with Gasteiger partial charge < -0.3 is 15.2 Å². The number of rotatable bonds is 4. The number of carbonyl (C=O) groups excluding carboxylic acids is 2. The maximum atomic E-state index is 12.8. The van der Waals surface area contributed by atoms with E-state index in [1.54, 1.807) is 0 Å². The molecule has 0 fully saturated rings. The van der Waals surface area contributed by atoms with Crippen LogP contribution in [0.4, 0.5) is 28.0 Å². The van der Waals surface area contributed by atoms with Crippen LogP contribution in [-0.4, -0.2) is 35.6 Å². The predicted octanol–water partition coefficient (Wildman–Crippen LogP) is 1.76. The van der Waals surface area contributed by atoms with Crippen LogP contribution in [-0.2, 0) is 9.53 Å². The van der Waals surface area contributed by atoms with E-state index in [0.717, 1.165) is 29.6 Å². The second-order valence-corrected chi connectivity index (χ2v) is 4.01. The van der Waals surface area contributed by atoms with Gasteiger partial charge in [-0.25, -0.2) is 14.0 Å². The summed E-state index contributed by atoms with van der Waals surface area (Å²) >= 11 is 0. The maximum absolute atomic E-state index is 12.8. The van der Waals surface area contributed by atoms with Gasteiger partial charge in [0.2, 0.25) is 0 Å². The third-order valence-corrected chi connectivity index (χ3v) is 2.38. The Balaban J connectivity index is 2.88. The molecule has 2 amide bonds. The van der Waals surface area contributed by atoms with Crippen LogP contribution in [0.2, 0.25) is 0 Å². The number of alkyl halides is 3. The van der Waals surface area contributed by atoms with Gasteiger partial charge in [-0.2, -0.15) is 13.2 Å². The van der Waals surface area contributed by atoms with Gasteiger partial charge in [-0.15, -0.1) is 0 Å². The molecule has 1 rings (SSSR count). The standard InChI is InChI=1S/C12H12F4N2O4/c1-2-22-9(19)11(21,12(14,15)16)18-10(20)17-8-5-3-7(13)4-6-8/h3-6,21H,2H2,1H3,(H2,17,18,20)/t11-/m1/s1. The molecule has 0 aliphatic heterocycles. The highest BCUT2D eigenvalue weighted by Gasteiger charge is 2.62. The third-order valence-electron chi connectivity index (χ3n) is 2.38. The monoisotopic (exact) mass is 324 g/mol. The fourth-order valence-electron chi connectivity index (χ4n) is 1.33. The molecule has 0 unspecified atom stereocenters. The number of esters is 1. The molecular weight excluding hydrogens is 312 g/mol. The summed E-state index contributed by atoms with van der Waals surface area (Å²) in [6, 6.07) is 2.53. The summed E-state index contributed by atoms with van der Waals surface area (Å²) in [5, 5.41) is 12.4. The number of amides is 2. The molecule has 1 aromatic carbocycles. The predicted molar refractivity (Wildman–Crippen MR) is 66.2 cm³/mol. The molecule has 3 N–H and O–H groups in total. The van der Waals surface area contributed by atoms with E-state index < -0.39 is 36.3 Å². The van der Waals surface area contributed by atoms with Crippen molar-refractivity contribution in [1.29, 1.82) is 0 Å². The zero-order valence-corrected chi connectivity index (χ0v) is 11.2. The molecule has 0 bridgehead atoms. The molecule has 0 heterocycles. The molecule has 0 spiro atoms.